The number of benzene rings is 1. The van der Waals surface area contributed by atoms with E-state index in [0.717, 1.165) is 12.1 Å². The summed E-state index contributed by atoms with van der Waals surface area (Å²) in [6.07, 6.45) is 0.285. The zero-order valence-corrected chi connectivity index (χ0v) is 11.7. The van der Waals surface area contributed by atoms with Crippen molar-refractivity contribution in [3.05, 3.63) is 23.8 Å². The van der Waals surface area contributed by atoms with Crippen LogP contribution in [-0.4, -0.2) is 33.2 Å². The fraction of sp³-hybridized carbons (Fsp3) is 0.429. The molecule has 0 saturated carbocycles. The van der Waals surface area contributed by atoms with E-state index in [4.69, 9.17) is 14.7 Å². The van der Waals surface area contributed by atoms with Crippen LogP contribution in [0, 0.1) is 11.3 Å². The molecule has 2 N–H and O–H groups in total. The van der Waals surface area contributed by atoms with Crippen LogP contribution in [0.5, 0.6) is 11.5 Å². The molecule has 1 rings (SSSR count). The summed E-state index contributed by atoms with van der Waals surface area (Å²) >= 11 is 0. The first kappa shape index (κ1) is 15.8. The van der Waals surface area contributed by atoms with Gasteiger partial charge in [-0.1, -0.05) is 6.07 Å². The molecule has 6 nitrogen and oxygen atoms in total. The Bertz CT molecular complexity index is 483. The van der Waals surface area contributed by atoms with E-state index in [9.17, 15) is 4.79 Å². The molecule has 1 aromatic rings. The van der Waals surface area contributed by atoms with Gasteiger partial charge in [0, 0.05) is 13.1 Å². The lowest BCUT2D eigenvalue weighted by molar-refractivity contribution is -0.123. The van der Waals surface area contributed by atoms with Gasteiger partial charge in [-0.05, 0) is 24.7 Å². The SMILES string of the molecule is CNCc1ccc(OCC(=O)NCCC#N)c(OC)c1. The van der Waals surface area contributed by atoms with Crippen LogP contribution in [-0.2, 0) is 11.3 Å². The van der Waals surface area contributed by atoms with E-state index >= 15 is 0 Å². The summed E-state index contributed by atoms with van der Waals surface area (Å²) in [7, 11) is 3.42. The Hall–Kier alpha value is -2.26. The van der Waals surface area contributed by atoms with Crippen LogP contribution in [0.1, 0.15) is 12.0 Å². The highest BCUT2D eigenvalue weighted by Crippen LogP contribution is 2.27. The van der Waals surface area contributed by atoms with Gasteiger partial charge in [0.05, 0.1) is 19.6 Å². The van der Waals surface area contributed by atoms with Crippen molar-refractivity contribution < 1.29 is 14.3 Å². The number of nitriles is 1. The predicted molar refractivity (Wildman–Crippen MR) is 74.5 cm³/mol. The summed E-state index contributed by atoms with van der Waals surface area (Å²) in [5.41, 5.74) is 1.06. The first-order chi connectivity index (χ1) is 9.71. The molecule has 0 aliphatic heterocycles. The predicted octanol–water partition coefficient (Wildman–Crippen LogP) is 0.823. The van der Waals surface area contributed by atoms with E-state index in [1.807, 2.05) is 25.2 Å². The smallest absolute Gasteiger partial charge is 0.257 e. The van der Waals surface area contributed by atoms with Crippen molar-refractivity contribution in [3.8, 4) is 17.6 Å². The second-order valence-corrected chi connectivity index (χ2v) is 4.06. The lowest BCUT2D eigenvalue weighted by Crippen LogP contribution is -2.29. The lowest BCUT2D eigenvalue weighted by atomic mass is 10.2. The fourth-order valence-electron chi connectivity index (χ4n) is 1.60. The van der Waals surface area contributed by atoms with Crippen molar-refractivity contribution in [2.45, 2.75) is 13.0 Å². The van der Waals surface area contributed by atoms with Crippen molar-refractivity contribution in [1.82, 2.24) is 10.6 Å². The van der Waals surface area contributed by atoms with Crippen molar-refractivity contribution in [1.29, 1.82) is 5.26 Å². The number of nitrogens with one attached hydrogen (secondary N) is 2. The van der Waals surface area contributed by atoms with E-state index in [-0.39, 0.29) is 18.9 Å². The van der Waals surface area contributed by atoms with Gasteiger partial charge in [0.1, 0.15) is 0 Å². The van der Waals surface area contributed by atoms with Crippen LogP contribution in [0.2, 0.25) is 0 Å². The summed E-state index contributed by atoms with van der Waals surface area (Å²) in [4.78, 5) is 11.5. The summed E-state index contributed by atoms with van der Waals surface area (Å²) in [5.74, 6) is 0.840. The molecule has 0 unspecified atom stereocenters. The molecule has 0 atom stereocenters. The number of hydrogen-bond acceptors (Lipinski definition) is 5. The van der Waals surface area contributed by atoms with E-state index in [0.29, 0.717) is 18.0 Å². The highest BCUT2D eigenvalue weighted by atomic mass is 16.5. The molecule has 0 radical (unpaired) electrons. The molecule has 108 valence electrons. The summed E-state index contributed by atoms with van der Waals surface area (Å²) in [6.45, 7) is 0.954. The molecule has 1 amide bonds. The number of rotatable bonds is 8. The average molecular weight is 277 g/mol. The Morgan fingerprint density at radius 2 is 2.20 bits per heavy atom. The molecule has 6 heteroatoms. The van der Waals surface area contributed by atoms with Gasteiger partial charge in [-0.2, -0.15) is 5.26 Å². The Balaban J connectivity index is 2.55. The highest BCUT2D eigenvalue weighted by molar-refractivity contribution is 5.77. The lowest BCUT2D eigenvalue weighted by Gasteiger charge is -2.12. The number of carbonyl (C=O) groups is 1. The molecule has 0 fully saturated rings. The third-order valence-corrected chi connectivity index (χ3v) is 2.53. The quantitative estimate of drug-likeness (QED) is 0.687. The maximum atomic E-state index is 11.5. The van der Waals surface area contributed by atoms with Crippen molar-refractivity contribution in [2.24, 2.45) is 0 Å². The number of methoxy groups -OCH3 is 1. The number of hydrogen-bond donors (Lipinski definition) is 2. The normalized spacial score (nSPS) is 9.65. The Morgan fingerprint density at radius 3 is 2.85 bits per heavy atom. The first-order valence-corrected chi connectivity index (χ1v) is 6.29. The van der Waals surface area contributed by atoms with Crippen LogP contribution < -0.4 is 20.1 Å². The van der Waals surface area contributed by atoms with Crippen molar-refractivity contribution >= 4 is 5.91 Å². The monoisotopic (exact) mass is 277 g/mol. The zero-order chi connectivity index (χ0) is 14.8. The van der Waals surface area contributed by atoms with Crippen molar-refractivity contribution in [2.75, 3.05) is 27.3 Å². The number of carbonyl (C=O) groups excluding carboxylic acids is 1. The van der Waals surface area contributed by atoms with Crippen LogP contribution >= 0.6 is 0 Å². The maximum absolute atomic E-state index is 11.5. The van der Waals surface area contributed by atoms with Crippen LogP contribution in [0.15, 0.2) is 18.2 Å². The molecule has 0 spiro atoms. The topological polar surface area (TPSA) is 83.4 Å². The minimum absolute atomic E-state index is 0.104. The van der Waals surface area contributed by atoms with E-state index in [1.165, 1.54) is 0 Å². The second-order valence-electron chi connectivity index (χ2n) is 4.06. The van der Waals surface area contributed by atoms with Gasteiger partial charge in [0.25, 0.3) is 5.91 Å². The number of ether oxygens (including phenoxy) is 2. The molecule has 0 aromatic heterocycles. The third kappa shape index (κ3) is 5.16. The first-order valence-electron chi connectivity index (χ1n) is 6.29. The van der Waals surface area contributed by atoms with E-state index < -0.39 is 0 Å². The molecular formula is C14H19N3O3. The largest absolute Gasteiger partial charge is 0.493 e. The van der Waals surface area contributed by atoms with E-state index in [2.05, 4.69) is 10.6 Å². The minimum Gasteiger partial charge on any atom is -0.493 e. The molecule has 1 aromatic carbocycles. The number of nitrogens with zero attached hydrogens (tertiary/aromatic N) is 1. The molecule has 0 aliphatic carbocycles. The van der Waals surface area contributed by atoms with Crippen molar-refractivity contribution in [3.63, 3.8) is 0 Å². The molecule has 0 aliphatic rings. The van der Waals surface area contributed by atoms with E-state index in [1.54, 1.807) is 13.2 Å². The van der Waals surface area contributed by atoms with Gasteiger partial charge < -0.3 is 20.1 Å². The van der Waals surface area contributed by atoms with Gasteiger partial charge in [-0.25, -0.2) is 0 Å². The van der Waals surface area contributed by atoms with Gasteiger partial charge >= 0.3 is 0 Å². The fourth-order valence-corrected chi connectivity index (χ4v) is 1.60. The molecule has 20 heavy (non-hydrogen) atoms. The summed E-state index contributed by atoms with van der Waals surface area (Å²) in [6, 6.07) is 7.49. The Kier molecular flexibility index (Phi) is 6.93. The summed E-state index contributed by atoms with van der Waals surface area (Å²) in [5, 5.41) is 14.0. The Morgan fingerprint density at radius 1 is 1.40 bits per heavy atom. The van der Waals surface area contributed by atoms with Crippen LogP contribution in [0.25, 0.3) is 0 Å². The Labute approximate surface area is 118 Å². The molecular weight excluding hydrogens is 258 g/mol. The summed E-state index contributed by atoms with van der Waals surface area (Å²) < 4.78 is 10.6. The number of amides is 1. The standard InChI is InChI=1S/C14H19N3O3/c1-16-9-11-4-5-12(13(8-11)19-2)20-10-14(18)17-7-3-6-15/h4-5,8,16H,3,7,9-10H2,1-2H3,(H,17,18). The van der Waals surface area contributed by atoms with Gasteiger partial charge in [0.15, 0.2) is 18.1 Å². The van der Waals surface area contributed by atoms with Crippen LogP contribution in [0.3, 0.4) is 0 Å². The highest BCUT2D eigenvalue weighted by Gasteiger charge is 2.08. The minimum atomic E-state index is -0.262. The van der Waals surface area contributed by atoms with Gasteiger partial charge in [0.2, 0.25) is 0 Å². The molecule has 0 saturated heterocycles. The van der Waals surface area contributed by atoms with Crippen LogP contribution in [0.4, 0.5) is 0 Å². The maximum Gasteiger partial charge on any atom is 0.257 e. The van der Waals surface area contributed by atoms with Gasteiger partial charge in [-0.3, -0.25) is 4.79 Å². The second kappa shape index (κ2) is 8.77. The zero-order valence-electron chi connectivity index (χ0n) is 11.7. The third-order valence-electron chi connectivity index (χ3n) is 2.53. The molecule has 0 heterocycles. The van der Waals surface area contributed by atoms with Gasteiger partial charge in [-0.15, -0.1) is 0 Å². The average Bonchev–Trinajstić information content (AvgIpc) is 2.46. The molecule has 0 bridgehead atoms.